The Morgan fingerprint density at radius 2 is 1.50 bits per heavy atom. The van der Waals surface area contributed by atoms with Gasteiger partial charge in [-0.15, -0.1) is 0 Å². The van der Waals surface area contributed by atoms with Crippen LogP contribution in [0.5, 0.6) is 0 Å². The largest absolute Gasteiger partial charge is 0.449 e. The van der Waals surface area contributed by atoms with Crippen molar-refractivity contribution in [2.24, 2.45) is 0 Å². The standard InChI is InChI=1S/C24H22Cl2N2O5S/c1-14-4-8-20(9-5-14)28-34(31,32)22-10-17(7-6-15(22)2)24(30)33-16(3)23(29)27-21-12-18(25)11-19(26)13-21/h4-13,16,28H,1-3H3,(H,27,29)/t16-/m0/s1. The number of ether oxygens (including phenoxy) is 1. The Balaban J connectivity index is 1.74. The van der Waals surface area contributed by atoms with E-state index in [2.05, 4.69) is 10.0 Å². The van der Waals surface area contributed by atoms with Gasteiger partial charge in [-0.3, -0.25) is 9.52 Å². The summed E-state index contributed by atoms with van der Waals surface area (Å²) in [5.41, 5.74) is 2.15. The van der Waals surface area contributed by atoms with Gasteiger partial charge in [0.1, 0.15) is 0 Å². The summed E-state index contributed by atoms with van der Waals surface area (Å²) >= 11 is 11.8. The zero-order chi connectivity index (χ0) is 25.0. The Hall–Kier alpha value is -3.07. The van der Waals surface area contributed by atoms with Gasteiger partial charge in [-0.05, 0) is 68.8 Å². The summed E-state index contributed by atoms with van der Waals surface area (Å²) in [6.07, 6.45) is -1.17. The third kappa shape index (κ3) is 6.50. The van der Waals surface area contributed by atoms with Crippen LogP contribution >= 0.6 is 23.2 Å². The zero-order valence-corrected chi connectivity index (χ0v) is 20.9. The van der Waals surface area contributed by atoms with Gasteiger partial charge < -0.3 is 10.1 Å². The molecule has 0 unspecified atom stereocenters. The van der Waals surface area contributed by atoms with Gasteiger partial charge in [-0.2, -0.15) is 0 Å². The van der Waals surface area contributed by atoms with E-state index in [9.17, 15) is 18.0 Å². The molecule has 0 aliphatic rings. The molecule has 0 aromatic heterocycles. The average Bonchev–Trinajstić information content (AvgIpc) is 2.74. The molecule has 0 fully saturated rings. The molecule has 0 saturated heterocycles. The Morgan fingerprint density at radius 3 is 2.12 bits per heavy atom. The van der Waals surface area contributed by atoms with Gasteiger partial charge >= 0.3 is 5.97 Å². The number of esters is 1. The van der Waals surface area contributed by atoms with E-state index in [1.807, 2.05) is 6.92 Å². The van der Waals surface area contributed by atoms with E-state index in [1.54, 1.807) is 31.2 Å². The Labute approximate surface area is 208 Å². The molecule has 0 bridgehead atoms. The van der Waals surface area contributed by atoms with Crippen LogP contribution in [-0.4, -0.2) is 26.4 Å². The molecule has 2 N–H and O–H groups in total. The van der Waals surface area contributed by atoms with Crippen molar-refractivity contribution in [2.75, 3.05) is 10.0 Å². The first-order chi connectivity index (χ1) is 15.9. The lowest BCUT2D eigenvalue weighted by Gasteiger charge is -2.15. The average molecular weight is 521 g/mol. The molecule has 3 aromatic carbocycles. The van der Waals surface area contributed by atoms with Gasteiger partial charge in [0.15, 0.2) is 6.10 Å². The number of nitrogens with one attached hydrogen (secondary N) is 2. The second-order valence-corrected chi connectivity index (χ2v) is 10.2. The van der Waals surface area contributed by atoms with Crippen molar-refractivity contribution in [3.05, 3.63) is 87.4 Å². The molecule has 0 aliphatic carbocycles. The van der Waals surface area contributed by atoms with Gasteiger partial charge in [0.05, 0.1) is 10.5 Å². The first-order valence-corrected chi connectivity index (χ1v) is 12.4. The predicted octanol–water partition coefficient (Wildman–Crippen LogP) is 5.60. The molecule has 0 saturated carbocycles. The van der Waals surface area contributed by atoms with E-state index in [0.29, 0.717) is 27.0 Å². The molecule has 1 atom stereocenters. The fourth-order valence-corrected chi connectivity index (χ4v) is 4.86. The van der Waals surface area contributed by atoms with Crippen molar-refractivity contribution in [1.82, 2.24) is 0 Å². The quantitative estimate of drug-likeness (QED) is 0.395. The van der Waals surface area contributed by atoms with Crippen LogP contribution in [0.2, 0.25) is 10.0 Å². The molecular weight excluding hydrogens is 499 g/mol. The molecule has 178 valence electrons. The number of hydrogen-bond acceptors (Lipinski definition) is 5. The molecule has 3 rings (SSSR count). The molecule has 0 heterocycles. The summed E-state index contributed by atoms with van der Waals surface area (Å²) in [5.74, 6) is -1.45. The Morgan fingerprint density at radius 1 is 0.882 bits per heavy atom. The van der Waals surface area contributed by atoms with Crippen LogP contribution in [0.3, 0.4) is 0 Å². The summed E-state index contributed by atoms with van der Waals surface area (Å²) in [7, 11) is -3.97. The van der Waals surface area contributed by atoms with E-state index in [-0.39, 0.29) is 10.5 Å². The van der Waals surface area contributed by atoms with Crippen molar-refractivity contribution in [2.45, 2.75) is 31.8 Å². The number of aryl methyl sites for hydroxylation is 2. The van der Waals surface area contributed by atoms with E-state index >= 15 is 0 Å². The third-order valence-electron chi connectivity index (χ3n) is 4.80. The van der Waals surface area contributed by atoms with Gasteiger partial charge in [0.25, 0.3) is 15.9 Å². The molecule has 10 heteroatoms. The summed E-state index contributed by atoms with van der Waals surface area (Å²) in [4.78, 5) is 25.0. The summed E-state index contributed by atoms with van der Waals surface area (Å²) in [6, 6.07) is 15.5. The topological polar surface area (TPSA) is 102 Å². The van der Waals surface area contributed by atoms with Crippen LogP contribution in [0.25, 0.3) is 0 Å². The number of carbonyl (C=O) groups excluding carboxylic acids is 2. The highest BCUT2D eigenvalue weighted by Gasteiger charge is 2.23. The number of sulfonamides is 1. The van der Waals surface area contributed by atoms with Crippen LogP contribution in [0, 0.1) is 13.8 Å². The molecule has 7 nitrogen and oxygen atoms in total. The number of hydrogen-bond donors (Lipinski definition) is 2. The second kappa shape index (κ2) is 10.5. The highest BCUT2D eigenvalue weighted by atomic mass is 35.5. The molecule has 0 radical (unpaired) electrons. The van der Waals surface area contributed by atoms with Crippen LogP contribution in [-0.2, 0) is 19.6 Å². The monoisotopic (exact) mass is 520 g/mol. The van der Waals surface area contributed by atoms with Crippen molar-refractivity contribution in [3.8, 4) is 0 Å². The summed E-state index contributed by atoms with van der Waals surface area (Å²) < 4.78 is 33.6. The molecule has 34 heavy (non-hydrogen) atoms. The van der Waals surface area contributed by atoms with Crippen molar-refractivity contribution >= 4 is 56.5 Å². The molecule has 0 aliphatic heterocycles. The van der Waals surface area contributed by atoms with Crippen molar-refractivity contribution in [1.29, 1.82) is 0 Å². The number of benzene rings is 3. The summed E-state index contributed by atoms with van der Waals surface area (Å²) in [6.45, 7) is 4.90. The number of anilines is 2. The first kappa shape index (κ1) is 25.6. The fraction of sp³-hybridized carbons (Fsp3) is 0.167. The third-order valence-corrected chi connectivity index (χ3v) is 6.76. The zero-order valence-electron chi connectivity index (χ0n) is 18.6. The lowest BCUT2D eigenvalue weighted by Crippen LogP contribution is -2.30. The van der Waals surface area contributed by atoms with E-state index in [1.165, 1.54) is 43.3 Å². The smallest absolute Gasteiger partial charge is 0.338 e. The van der Waals surface area contributed by atoms with Crippen LogP contribution < -0.4 is 10.0 Å². The van der Waals surface area contributed by atoms with Crippen LogP contribution in [0.1, 0.15) is 28.4 Å². The maximum atomic E-state index is 12.9. The first-order valence-electron chi connectivity index (χ1n) is 10.1. The Kier molecular flexibility index (Phi) is 7.86. The van der Waals surface area contributed by atoms with Gasteiger partial charge in [0, 0.05) is 21.4 Å². The van der Waals surface area contributed by atoms with E-state index < -0.39 is 28.0 Å². The number of carbonyl (C=O) groups is 2. The van der Waals surface area contributed by atoms with Gasteiger partial charge in [-0.25, -0.2) is 13.2 Å². The minimum absolute atomic E-state index is 0.0136. The summed E-state index contributed by atoms with van der Waals surface area (Å²) in [5, 5.41) is 3.23. The SMILES string of the molecule is Cc1ccc(NS(=O)(=O)c2cc(C(=O)O[C@@H](C)C(=O)Nc3cc(Cl)cc(Cl)c3)ccc2C)cc1. The lowest BCUT2D eigenvalue weighted by molar-refractivity contribution is -0.123. The number of rotatable bonds is 7. The normalized spacial score (nSPS) is 12.0. The van der Waals surface area contributed by atoms with Crippen molar-refractivity contribution < 1.29 is 22.7 Å². The number of halogens is 2. The van der Waals surface area contributed by atoms with Gasteiger partial charge in [0.2, 0.25) is 0 Å². The van der Waals surface area contributed by atoms with Gasteiger partial charge in [-0.1, -0.05) is 47.0 Å². The van der Waals surface area contributed by atoms with E-state index in [4.69, 9.17) is 27.9 Å². The minimum atomic E-state index is -3.97. The highest BCUT2D eigenvalue weighted by Crippen LogP contribution is 2.24. The fourth-order valence-electron chi connectivity index (χ4n) is 3.00. The second-order valence-electron chi connectivity index (χ2n) is 7.65. The Bertz CT molecular complexity index is 1320. The lowest BCUT2D eigenvalue weighted by atomic mass is 10.1. The highest BCUT2D eigenvalue weighted by molar-refractivity contribution is 7.92. The number of amides is 1. The molecule has 1 amide bonds. The maximum Gasteiger partial charge on any atom is 0.338 e. The maximum absolute atomic E-state index is 12.9. The molecular formula is C24H22Cl2N2O5S. The van der Waals surface area contributed by atoms with Crippen LogP contribution in [0.15, 0.2) is 65.6 Å². The van der Waals surface area contributed by atoms with Crippen molar-refractivity contribution in [3.63, 3.8) is 0 Å². The predicted molar refractivity (Wildman–Crippen MR) is 133 cm³/mol. The van der Waals surface area contributed by atoms with Crippen LogP contribution in [0.4, 0.5) is 11.4 Å². The van der Waals surface area contributed by atoms with E-state index in [0.717, 1.165) is 5.56 Å². The minimum Gasteiger partial charge on any atom is -0.449 e. The molecule has 3 aromatic rings. The molecule has 0 spiro atoms.